The van der Waals surface area contributed by atoms with Gasteiger partial charge in [-0.2, -0.15) is 5.26 Å². The van der Waals surface area contributed by atoms with Gasteiger partial charge in [-0.3, -0.25) is 4.90 Å². The fraction of sp³-hybridized carbons (Fsp3) is 0.300. The first kappa shape index (κ1) is 23.8. The molecule has 0 amide bonds. The maximum atomic E-state index is 10.1. The van der Waals surface area contributed by atoms with Gasteiger partial charge in [0, 0.05) is 23.7 Å². The fourth-order valence-corrected chi connectivity index (χ4v) is 5.07. The van der Waals surface area contributed by atoms with Crippen LogP contribution >= 0.6 is 0 Å². The minimum Gasteiger partial charge on any atom is -0.508 e. The van der Waals surface area contributed by atoms with Crippen LogP contribution in [-0.2, 0) is 0 Å². The summed E-state index contributed by atoms with van der Waals surface area (Å²) in [5.74, 6) is 1.97. The molecule has 3 atom stereocenters. The molecular formula is C30H30N2O4. The monoisotopic (exact) mass is 482 g/mol. The van der Waals surface area contributed by atoms with Gasteiger partial charge in [-0.05, 0) is 86.0 Å². The summed E-state index contributed by atoms with van der Waals surface area (Å²) in [5.41, 5.74) is 4.58. The summed E-state index contributed by atoms with van der Waals surface area (Å²) in [4.78, 5) is 2.31. The molecule has 2 N–H and O–H groups in total. The molecule has 6 nitrogen and oxygen atoms in total. The van der Waals surface area contributed by atoms with Gasteiger partial charge in [-0.25, -0.2) is 0 Å². The van der Waals surface area contributed by atoms with E-state index < -0.39 is 0 Å². The van der Waals surface area contributed by atoms with Crippen LogP contribution in [0.2, 0.25) is 0 Å². The number of phenols is 2. The van der Waals surface area contributed by atoms with Crippen LogP contribution in [0.5, 0.6) is 23.0 Å². The fourth-order valence-electron chi connectivity index (χ4n) is 5.07. The van der Waals surface area contributed by atoms with Crippen molar-refractivity contribution in [2.45, 2.75) is 32.4 Å². The van der Waals surface area contributed by atoms with Crippen LogP contribution in [0.1, 0.15) is 43.1 Å². The van der Waals surface area contributed by atoms with Crippen molar-refractivity contribution < 1.29 is 19.7 Å². The number of hydrogen-bond acceptors (Lipinski definition) is 6. The highest BCUT2D eigenvalue weighted by Gasteiger charge is 2.30. The molecule has 184 valence electrons. The molecule has 6 heteroatoms. The van der Waals surface area contributed by atoms with Gasteiger partial charge in [0.15, 0.2) is 0 Å². The van der Waals surface area contributed by atoms with E-state index in [2.05, 4.69) is 17.9 Å². The molecule has 3 aromatic rings. The Labute approximate surface area is 211 Å². The molecule has 2 aliphatic heterocycles. The Bertz CT molecular complexity index is 1330. The third-order valence-corrected chi connectivity index (χ3v) is 7.13. The molecule has 2 aliphatic rings. The Morgan fingerprint density at radius 1 is 1.08 bits per heavy atom. The molecule has 1 unspecified atom stereocenters. The number of nitriles is 1. The SMILES string of the molecule is CC1=C(c2cccc(O)c2)C(c2ccc(OC[C@H](C)N3CC[C@@H](C#N)C3)cc2)Oc2ccc(O)cc21. The summed E-state index contributed by atoms with van der Waals surface area (Å²) < 4.78 is 12.5. The van der Waals surface area contributed by atoms with E-state index in [9.17, 15) is 10.2 Å². The maximum absolute atomic E-state index is 10.1. The number of likely N-dealkylation sites (tertiary alicyclic amines) is 1. The molecule has 0 spiro atoms. The van der Waals surface area contributed by atoms with Crippen molar-refractivity contribution in [1.82, 2.24) is 4.90 Å². The second-order valence-electron chi connectivity index (χ2n) is 9.61. The molecule has 2 heterocycles. The van der Waals surface area contributed by atoms with Crippen LogP contribution in [0.4, 0.5) is 0 Å². The van der Waals surface area contributed by atoms with Crippen molar-refractivity contribution in [2.24, 2.45) is 5.92 Å². The highest BCUT2D eigenvalue weighted by molar-refractivity contribution is 5.95. The van der Waals surface area contributed by atoms with Crippen LogP contribution in [0, 0.1) is 17.2 Å². The number of hydrogen-bond donors (Lipinski definition) is 2. The number of nitrogens with zero attached hydrogens (tertiary/aromatic N) is 2. The number of rotatable bonds is 6. The van der Waals surface area contributed by atoms with Crippen molar-refractivity contribution >= 4 is 11.1 Å². The third-order valence-electron chi connectivity index (χ3n) is 7.13. The molecule has 0 bridgehead atoms. The number of ether oxygens (including phenoxy) is 2. The zero-order valence-electron chi connectivity index (χ0n) is 20.5. The topological polar surface area (TPSA) is 86.0 Å². The number of aromatic hydroxyl groups is 2. The number of fused-ring (bicyclic) bond motifs is 1. The van der Waals surface area contributed by atoms with Crippen molar-refractivity contribution in [3.8, 4) is 29.1 Å². The Morgan fingerprint density at radius 3 is 2.58 bits per heavy atom. The average Bonchev–Trinajstić information content (AvgIpc) is 3.37. The molecule has 3 aromatic carbocycles. The lowest BCUT2D eigenvalue weighted by Gasteiger charge is -2.31. The van der Waals surface area contributed by atoms with Crippen LogP contribution < -0.4 is 9.47 Å². The van der Waals surface area contributed by atoms with Gasteiger partial charge in [0.2, 0.25) is 0 Å². The second kappa shape index (κ2) is 9.96. The van der Waals surface area contributed by atoms with E-state index in [1.807, 2.05) is 43.3 Å². The van der Waals surface area contributed by atoms with Gasteiger partial charge in [0.1, 0.15) is 35.7 Å². The van der Waals surface area contributed by atoms with Crippen LogP contribution in [0.15, 0.2) is 66.7 Å². The van der Waals surface area contributed by atoms with Gasteiger partial charge in [0.05, 0.1) is 12.0 Å². The number of phenolic OH excluding ortho intramolecular Hbond substituents is 2. The normalized spacial score (nSPS) is 20.4. The largest absolute Gasteiger partial charge is 0.508 e. The third kappa shape index (κ3) is 4.75. The Balaban J connectivity index is 1.38. The smallest absolute Gasteiger partial charge is 0.150 e. The summed E-state index contributed by atoms with van der Waals surface area (Å²) >= 11 is 0. The van der Waals surface area contributed by atoms with E-state index in [1.54, 1.807) is 30.3 Å². The van der Waals surface area contributed by atoms with Crippen molar-refractivity contribution in [1.29, 1.82) is 5.26 Å². The summed E-state index contributed by atoms with van der Waals surface area (Å²) in [6.07, 6.45) is 0.540. The van der Waals surface area contributed by atoms with Gasteiger partial charge in [-0.15, -0.1) is 0 Å². The van der Waals surface area contributed by atoms with Crippen LogP contribution in [-0.4, -0.2) is 40.9 Å². The summed E-state index contributed by atoms with van der Waals surface area (Å²) in [6, 6.07) is 22.8. The number of allylic oxidation sites excluding steroid dienone is 1. The van der Waals surface area contributed by atoms with Crippen LogP contribution in [0.3, 0.4) is 0 Å². The predicted octanol–water partition coefficient (Wildman–Crippen LogP) is 5.77. The molecule has 0 saturated carbocycles. The van der Waals surface area contributed by atoms with E-state index in [-0.39, 0.29) is 29.6 Å². The number of benzene rings is 3. The first-order valence-electron chi connectivity index (χ1n) is 12.3. The lowest BCUT2D eigenvalue weighted by Crippen LogP contribution is -2.35. The van der Waals surface area contributed by atoms with E-state index in [0.717, 1.165) is 53.1 Å². The maximum Gasteiger partial charge on any atom is 0.150 e. The van der Waals surface area contributed by atoms with Gasteiger partial charge in [-0.1, -0.05) is 24.3 Å². The summed E-state index contributed by atoms with van der Waals surface area (Å²) in [7, 11) is 0. The molecule has 1 fully saturated rings. The lowest BCUT2D eigenvalue weighted by atomic mass is 9.86. The quantitative estimate of drug-likeness (QED) is 0.464. The second-order valence-corrected chi connectivity index (χ2v) is 9.61. The highest BCUT2D eigenvalue weighted by Crippen LogP contribution is 2.47. The van der Waals surface area contributed by atoms with E-state index in [4.69, 9.17) is 14.7 Å². The molecule has 5 rings (SSSR count). The van der Waals surface area contributed by atoms with Crippen molar-refractivity contribution in [3.63, 3.8) is 0 Å². The van der Waals surface area contributed by atoms with E-state index in [1.165, 1.54) is 0 Å². The van der Waals surface area contributed by atoms with E-state index in [0.29, 0.717) is 12.4 Å². The van der Waals surface area contributed by atoms with Gasteiger partial charge in [0.25, 0.3) is 0 Å². The van der Waals surface area contributed by atoms with Gasteiger partial charge >= 0.3 is 0 Å². The molecule has 0 aliphatic carbocycles. The molecule has 1 saturated heterocycles. The van der Waals surface area contributed by atoms with E-state index >= 15 is 0 Å². The Morgan fingerprint density at radius 2 is 1.86 bits per heavy atom. The van der Waals surface area contributed by atoms with Gasteiger partial charge < -0.3 is 19.7 Å². The zero-order chi connectivity index (χ0) is 25.2. The first-order valence-corrected chi connectivity index (χ1v) is 12.3. The van der Waals surface area contributed by atoms with Crippen LogP contribution in [0.25, 0.3) is 11.1 Å². The highest BCUT2D eigenvalue weighted by atomic mass is 16.5. The predicted molar refractivity (Wildman–Crippen MR) is 139 cm³/mol. The van der Waals surface area contributed by atoms with Crippen molar-refractivity contribution in [2.75, 3.05) is 19.7 Å². The Hall–Kier alpha value is -3.95. The Kier molecular flexibility index (Phi) is 6.58. The molecule has 0 aromatic heterocycles. The standard InChI is InChI=1S/C30H30N2O4/c1-19(32-13-12-21(16-31)17-32)18-35-26-9-6-22(7-10-26)30-29(23-4-3-5-24(33)14-23)20(2)27-15-25(34)8-11-28(27)36-30/h3-11,14-15,19,21,30,33-34H,12-13,17-18H2,1-2H3/t19-,21-,30?/m0/s1. The zero-order valence-corrected chi connectivity index (χ0v) is 20.5. The lowest BCUT2D eigenvalue weighted by molar-refractivity contribution is 0.170. The minimum atomic E-state index is -0.385. The molecule has 36 heavy (non-hydrogen) atoms. The average molecular weight is 483 g/mol. The van der Waals surface area contributed by atoms with Crippen molar-refractivity contribution in [3.05, 3.63) is 83.4 Å². The summed E-state index contributed by atoms with van der Waals surface area (Å²) in [6.45, 7) is 6.45. The first-order chi connectivity index (χ1) is 17.4. The molecular weight excluding hydrogens is 452 g/mol. The molecule has 0 radical (unpaired) electrons. The minimum absolute atomic E-state index is 0.119. The summed E-state index contributed by atoms with van der Waals surface area (Å²) in [5, 5.41) is 29.3.